The number of aryl methyl sites for hydroxylation is 1. The highest BCUT2D eigenvalue weighted by Crippen LogP contribution is 2.22. The minimum absolute atomic E-state index is 0.0743. The number of nitrogens with one attached hydrogen (secondary N) is 4. The van der Waals surface area contributed by atoms with E-state index in [0.29, 0.717) is 12.2 Å². The summed E-state index contributed by atoms with van der Waals surface area (Å²) < 4.78 is 27.5. The van der Waals surface area contributed by atoms with Gasteiger partial charge in [-0.2, -0.15) is 0 Å². The van der Waals surface area contributed by atoms with Crippen molar-refractivity contribution in [3.8, 4) is 0 Å². The molecule has 0 aliphatic rings. The normalized spacial score (nSPS) is 11.2. The average Bonchev–Trinajstić information content (AvgIpc) is 3.46. The largest absolute Gasteiger partial charge is 0.342 e. The van der Waals surface area contributed by atoms with Crippen LogP contribution in [0, 0.1) is 0 Å². The van der Waals surface area contributed by atoms with E-state index in [-0.39, 0.29) is 21.9 Å². The van der Waals surface area contributed by atoms with Crippen LogP contribution in [0.15, 0.2) is 70.3 Å². The Balaban J connectivity index is 1.35. The Morgan fingerprint density at radius 1 is 0.969 bits per heavy atom. The first-order valence-corrected chi connectivity index (χ1v) is 12.0. The summed E-state index contributed by atoms with van der Waals surface area (Å²) in [5, 5.41) is 1.65. The van der Waals surface area contributed by atoms with Crippen molar-refractivity contribution in [2.75, 3.05) is 4.72 Å². The highest BCUT2D eigenvalue weighted by molar-refractivity contribution is 7.94. The number of sulfonamides is 1. The van der Waals surface area contributed by atoms with E-state index in [9.17, 15) is 18.0 Å². The fraction of sp³-hybridized carbons (Fsp3) is 0.0952. The van der Waals surface area contributed by atoms with E-state index in [1.165, 1.54) is 18.2 Å². The number of thiophene rings is 1. The molecule has 11 heteroatoms. The smallest absolute Gasteiger partial charge is 0.271 e. The number of H-pyrrole nitrogens is 1. The summed E-state index contributed by atoms with van der Waals surface area (Å²) in [5.74, 6) is -0.386. The van der Waals surface area contributed by atoms with Gasteiger partial charge in [-0.05, 0) is 35.7 Å². The van der Waals surface area contributed by atoms with Gasteiger partial charge in [0, 0.05) is 12.8 Å². The van der Waals surface area contributed by atoms with E-state index in [1.807, 2.05) is 24.3 Å². The zero-order chi connectivity index (χ0) is 22.6. The van der Waals surface area contributed by atoms with Gasteiger partial charge in [0.15, 0.2) is 0 Å². The number of rotatable bonds is 7. The van der Waals surface area contributed by atoms with Crippen molar-refractivity contribution >= 4 is 49.9 Å². The molecule has 0 saturated heterocycles. The Morgan fingerprint density at radius 2 is 1.75 bits per heavy atom. The molecule has 0 fully saturated rings. The minimum Gasteiger partial charge on any atom is -0.342 e. The summed E-state index contributed by atoms with van der Waals surface area (Å²) in [6, 6.07) is 16.8. The number of hydrazine groups is 1. The molecule has 2 heterocycles. The SMILES string of the molecule is O=C(CCc1nc2ccccc2[nH]1)NNC(=O)c1ccccc1NS(=O)(=O)c1cccs1. The number of para-hydroxylation sites is 3. The predicted octanol–water partition coefficient (Wildman–Crippen LogP) is 2.82. The lowest BCUT2D eigenvalue weighted by Crippen LogP contribution is -2.42. The molecule has 4 N–H and O–H groups in total. The molecule has 2 aromatic carbocycles. The van der Waals surface area contributed by atoms with Crippen molar-refractivity contribution < 1.29 is 18.0 Å². The van der Waals surface area contributed by atoms with Gasteiger partial charge in [-0.1, -0.05) is 30.3 Å². The highest BCUT2D eigenvalue weighted by Gasteiger charge is 2.19. The van der Waals surface area contributed by atoms with Crippen molar-refractivity contribution in [3.05, 3.63) is 77.4 Å². The number of anilines is 1. The van der Waals surface area contributed by atoms with Crippen LogP contribution in [-0.4, -0.2) is 30.2 Å². The lowest BCUT2D eigenvalue weighted by molar-refractivity contribution is -0.121. The second-order valence-electron chi connectivity index (χ2n) is 6.79. The Morgan fingerprint density at radius 3 is 2.53 bits per heavy atom. The van der Waals surface area contributed by atoms with Gasteiger partial charge in [0.2, 0.25) is 5.91 Å². The first kappa shape index (κ1) is 21.5. The van der Waals surface area contributed by atoms with Crippen LogP contribution in [0.5, 0.6) is 0 Å². The van der Waals surface area contributed by atoms with Gasteiger partial charge in [0.25, 0.3) is 15.9 Å². The molecule has 32 heavy (non-hydrogen) atoms. The molecule has 2 amide bonds. The zero-order valence-corrected chi connectivity index (χ0v) is 18.3. The van der Waals surface area contributed by atoms with E-state index in [2.05, 4.69) is 25.5 Å². The lowest BCUT2D eigenvalue weighted by Gasteiger charge is -2.12. The van der Waals surface area contributed by atoms with Gasteiger partial charge in [-0.25, -0.2) is 13.4 Å². The fourth-order valence-electron chi connectivity index (χ4n) is 2.99. The third-order valence-corrected chi connectivity index (χ3v) is 7.28. The molecule has 0 saturated carbocycles. The van der Waals surface area contributed by atoms with Crippen molar-refractivity contribution in [3.63, 3.8) is 0 Å². The molecular formula is C21H19N5O4S2. The van der Waals surface area contributed by atoms with Crippen LogP contribution in [0.25, 0.3) is 11.0 Å². The zero-order valence-electron chi connectivity index (χ0n) is 16.7. The summed E-state index contributed by atoms with van der Waals surface area (Å²) in [6.45, 7) is 0. The molecule has 0 radical (unpaired) electrons. The highest BCUT2D eigenvalue weighted by atomic mass is 32.2. The first-order valence-electron chi connectivity index (χ1n) is 9.60. The fourth-order valence-corrected chi connectivity index (χ4v) is 5.07. The van der Waals surface area contributed by atoms with Gasteiger partial charge in [0.05, 0.1) is 22.3 Å². The van der Waals surface area contributed by atoms with E-state index in [1.54, 1.807) is 23.6 Å². The number of carbonyl (C=O) groups is 2. The van der Waals surface area contributed by atoms with Crippen molar-refractivity contribution in [2.24, 2.45) is 0 Å². The van der Waals surface area contributed by atoms with E-state index < -0.39 is 21.8 Å². The van der Waals surface area contributed by atoms with Crippen LogP contribution in [0.4, 0.5) is 5.69 Å². The Kier molecular flexibility index (Phi) is 6.19. The van der Waals surface area contributed by atoms with Crippen molar-refractivity contribution in [1.29, 1.82) is 0 Å². The van der Waals surface area contributed by atoms with E-state index in [4.69, 9.17) is 0 Å². The number of carbonyl (C=O) groups excluding carboxylic acids is 2. The standard InChI is InChI=1S/C21H19N5O4S2/c27-19(12-11-18-22-16-8-3-4-9-17(16)23-18)24-25-21(28)14-6-1-2-7-15(14)26-32(29,30)20-10-5-13-31-20/h1-10,13,26H,11-12H2,(H,22,23)(H,24,27)(H,25,28). The van der Waals surface area contributed by atoms with Crippen LogP contribution in [-0.2, 0) is 21.2 Å². The van der Waals surface area contributed by atoms with Crippen molar-refractivity contribution in [2.45, 2.75) is 17.1 Å². The van der Waals surface area contributed by atoms with Crippen LogP contribution in [0.2, 0.25) is 0 Å². The summed E-state index contributed by atoms with van der Waals surface area (Å²) >= 11 is 1.07. The summed E-state index contributed by atoms with van der Waals surface area (Å²) in [5.41, 5.74) is 6.55. The molecule has 4 aromatic rings. The van der Waals surface area contributed by atoms with Gasteiger partial charge in [-0.15, -0.1) is 11.3 Å². The number of hydrogen-bond acceptors (Lipinski definition) is 6. The molecule has 9 nitrogen and oxygen atoms in total. The van der Waals surface area contributed by atoms with Gasteiger partial charge < -0.3 is 4.98 Å². The molecule has 0 unspecified atom stereocenters. The van der Waals surface area contributed by atoms with Crippen LogP contribution >= 0.6 is 11.3 Å². The molecular weight excluding hydrogens is 450 g/mol. The molecule has 0 spiro atoms. The quantitative estimate of drug-likeness (QED) is 0.309. The van der Waals surface area contributed by atoms with E-state index in [0.717, 1.165) is 22.4 Å². The van der Waals surface area contributed by atoms with E-state index >= 15 is 0 Å². The van der Waals surface area contributed by atoms with Crippen LogP contribution in [0.1, 0.15) is 22.6 Å². The van der Waals surface area contributed by atoms with Crippen LogP contribution < -0.4 is 15.6 Å². The Labute approximate surface area is 187 Å². The monoisotopic (exact) mass is 469 g/mol. The second kappa shape index (κ2) is 9.20. The topological polar surface area (TPSA) is 133 Å². The maximum atomic E-state index is 12.6. The molecule has 0 atom stereocenters. The van der Waals surface area contributed by atoms with Crippen molar-refractivity contribution in [1.82, 2.24) is 20.8 Å². The summed E-state index contributed by atoms with van der Waals surface area (Å²) in [4.78, 5) is 32.3. The molecule has 164 valence electrons. The Hall–Kier alpha value is -3.70. The number of aromatic nitrogens is 2. The average molecular weight is 470 g/mol. The number of amides is 2. The van der Waals surface area contributed by atoms with Gasteiger partial charge in [-0.3, -0.25) is 25.2 Å². The summed E-state index contributed by atoms with van der Waals surface area (Å²) in [7, 11) is -3.82. The molecule has 0 bridgehead atoms. The lowest BCUT2D eigenvalue weighted by atomic mass is 10.2. The number of nitrogens with zero attached hydrogens (tertiary/aromatic N) is 1. The third-order valence-electron chi connectivity index (χ3n) is 4.52. The molecule has 0 aliphatic carbocycles. The third kappa shape index (κ3) is 4.95. The molecule has 0 aliphatic heterocycles. The maximum Gasteiger partial charge on any atom is 0.271 e. The minimum atomic E-state index is -3.82. The van der Waals surface area contributed by atoms with Gasteiger partial charge in [0.1, 0.15) is 10.0 Å². The van der Waals surface area contributed by atoms with Crippen LogP contribution in [0.3, 0.4) is 0 Å². The second-order valence-corrected chi connectivity index (χ2v) is 9.64. The number of benzene rings is 2. The molecule has 4 rings (SSSR count). The summed E-state index contributed by atoms with van der Waals surface area (Å²) in [6.07, 6.45) is 0.473. The number of aromatic amines is 1. The number of hydrogen-bond donors (Lipinski definition) is 4. The molecule has 2 aromatic heterocycles. The number of fused-ring (bicyclic) bond motifs is 1. The first-order chi connectivity index (χ1) is 15.4. The predicted molar refractivity (Wildman–Crippen MR) is 122 cm³/mol. The maximum absolute atomic E-state index is 12.6. The Bertz CT molecular complexity index is 1330. The number of imidazole rings is 1. The van der Waals surface area contributed by atoms with Gasteiger partial charge >= 0.3 is 0 Å².